The molecule has 2 aromatic carbocycles. The molecule has 0 spiro atoms. The molecule has 35 heavy (non-hydrogen) atoms. The maximum atomic E-state index is 14.5. The van der Waals surface area contributed by atoms with E-state index in [0.29, 0.717) is 31.1 Å². The number of hydrogen-bond donors (Lipinski definition) is 0. The van der Waals surface area contributed by atoms with Crippen LogP contribution in [0, 0.1) is 11.7 Å². The second-order valence-electron chi connectivity index (χ2n) is 9.63. The number of para-hydroxylation sites is 1. The first-order valence-corrected chi connectivity index (χ1v) is 12.2. The molecule has 4 rings (SSSR count). The third kappa shape index (κ3) is 5.59. The zero-order valence-corrected chi connectivity index (χ0v) is 20.7. The number of ether oxygens (including phenoxy) is 2. The van der Waals surface area contributed by atoms with E-state index in [0.717, 1.165) is 24.2 Å². The van der Waals surface area contributed by atoms with Gasteiger partial charge in [0.25, 0.3) is 5.91 Å². The van der Waals surface area contributed by atoms with E-state index < -0.39 is 0 Å². The Kier molecular flexibility index (Phi) is 7.91. The number of hydrogen-bond acceptors (Lipinski definition) is 4. The first kappa shape index (κ1) is 25.0. The molecule has 1 saturated heterocycles. The average Bonchev–Trinajstić information content (AvgIpc) is 3.42. The molecule has 2 atom stereocenters. The minimum Gasteiger partial charge on any atom is -0.496 e. The van der Waals surface area contributed by atoms with Gasteiger partial charge in [0.2, 0.25) is 0 Å². The number of benzene rings is 2. The number of halogens is 1. The fourth-order valence-corrected chi connectivity index (χ4v) is 5.06. The summed E-state index contributed by atoms with van der Waals surface area (Å²) in [5.74, 6) is 0.884. The van der Waals surface area contributed by atoms with E-state index >= 15 is 0 Å². The van der Waals surface area contributed by atoms with Crippen LogP contribution in [-0.4, -0.2) is 37.2 Å². The third-order valence-electron chi connectivity index (χ3n) is 7.12. The van der Waals surface area contributed by atoms with Gasteiger partial charge >= 0.3 is 0 Å². The van der Waals surface area contributed by atoms with Crippen LogP contribution in [0.5, 0.6) is 5.75 Å². The molecule has 0 N–H and O–H groups in total. The SMILES string of the molecule is COc1ccccc1[C@]1(CCN(Cc2ccccc2F)C(=O)c2ccco2)CCO[C@H](C(C)C)C1. The van der Waals surface area contributed by atoms with Gasteiger partial charge in [-0.25, -0.2) is 4.39 Å². The van der Waals surface area contributed by atoms with Gasteiger partial charge in [0.1, 0.15) is 11.6 Å². The Morgan fingerprint density at radius 3 is 2.63 bits per heavy atom. The molecule has 0 unspecified atom stereocenters. The van der Waals surface area contributed by atoms with E-state index in [2.05, 4.69) is 19.9 Å². The number of rotatable bonds is 9. The van der Waals surface area contributed by atoms with Gasteiger partial charge < -0.3 is 18.8 Å². The van der Waals surface area contributed by atoms with Crippen LogP contribution in [-0.2, 0) is 16.7 Å². The van der Waals surface area contributed by atoms with Crippen molar-refractivity contribution < 1.29 is 23.1 Å². The predicted octanol–water partition coefficient (Wildman–Crippen LogP) is 6.23. The van der Waals surface area contributed by atoms with Crippen LogP contribution in [0.1, 0.15) is 54.8 Å². The van der Waals surface area contributed by atoms with E-state index in [-0.39, 0.29) is 35.5 Å². The molecular weight excluding hydrogens is 445 g/mol. The zero-order chi connectivity index (χ0) is 24.8. The standard InChI is InChI=1S/C29H34FNO4/c1-21(2)27-19-29(15-18-35-27,23-10-5-7-12-25(23)33-3)14-16-31(28(32)26-13-8-17-34-26)20-22-9-4-6-11-24(22)30/h4-13,17,21,27H,14-16,18-20H2,1-3H3/t27-,29+/m0/s1. The molecule has 186 valence electrons. The highest BCUT2D eigenvalue weighted by Gasteiger charge is 2.41. The van der Waals surface area contributed by atoms with E-state index in [9.17, 15) is 9.18 Å². The molecule has 1 aliphatic rings. The Balaban J connectivity index is 1.67. The van der Waals surface area contributed by atoms with Crippen molar-refractivity contribution in [2.75, 3.05) is 20.3 Å². The van der Waals surface area contributed by atoms with Crippen LogP contribution in [0.2, 0.25) is 0 Å². The van der Waals surface area contributed by atoms with Gasteiger partial charge in [-0.05, 0) is 49.4 Å². The van der Waals surface area contributed by atoms with Crippen molar-refractivity contribution >= 4 is 5.91 Å². The van der Waals surface area contributed by atoms with Crippen LogP contribution in [0.25, 0.3) is 0 Å². The molecule has 1 fully saturated rings. The third-order valence-corrected chi connectivity index (χ3v) is 7.12. The lowest BCUT2D eigenvalue weighted by molar-refractivity contribution is -0.0488. The van der Waals surface area contributed by atoms with Gasteiger partial charge in [-0.3, -0.25) is 4.79 Å². The highest BCUT2D eigenvalue weighted by Crippen LogP contribution is 2.45. The molecular formula is C29H34FNO4. The number of nitrogens with zero attached hydrogens (tertiary/aromatic N) is 1. The topological polar surface area (TPSA) is 51.9 Å². The summed E-state index contributed by atoms with van der Waals surface area (Å²) in [6.45, 7) is 5.59. The first-order chi connectivity index (χ1) is 16.9. The zero-order valence-electron chi connectivity index (χ0n) is 20.7. The molecule has 5 nitrogen and oxygen atoms in total. The van der Waals surface area contributed by atoms with Crippen molar-refractivity contribution in [2.45, 2.75) is 51.2 Å². The average molecular weight is 480 g/mol. The smallest absolute Gasteiger partial charge is 0.289 e. The fraction of sp³-hybridized carbons (Fsp3) is 0.414. The Morgan fingerprint density at radius 1 is 1.14 bits per heavy atom. The minimum atomic E-state index is -0.324. The van der Waals surface area contributed by atoms with Crippen LogP contribution in [0.3, 0.4) is 0 Å². The first-order valence-electron chi connectivity index (χ1n) is 12.2. The Labute approximate surface area is 206 Å². The van der Waals surface area contributed by atoms with Gasteiger partial charge in [-0.15, -0.1) is 0 Å². The summed E-state index contributed by atoms with van der Waals surface area (Å²) in [7, 11) is 1.69. The van der Waals surface area contributed by atoms with E-state index in [1.807, 2.05) is 18.2 Å². The second kappa shape index (κ2) is 11.1. The summed E-state index contributed by atoms with van der Waals surface area (Å²) in [5, 5.41) is 0. The van der Waals surface area contributed by atoms with Crippen LogP contribution in [0.4, 0.5) is 4.39 Å². The lowest BCUT2D eigenvalue weighted by Crippen LogP contribution is -2.44. The minimum absolute atomic E-state index is 0.106. The van der Waals surface area contributed by atoms with E-state index in [1.54, 1.807) is 42.3 Å². The van der Waals surface area contributed by atoms with E-state index in [4.69, 9.17) is 13.9 Å². The highest BCUT2D eigenvalue weighted by atomic mass is 19.1. The number of amides is 1. The number of carbonyl (C=O) groups is 1. The second-order valence-corrected chi connectivity index (χ2v) is 9.63. The maximum absolute atomic E-state index is 14.5. The molecule has 0 saturated carbocycles. The summed E-state index contributed by atoms with van der Waals surface area (Å²) < 4.78 is 31.8. The molecule has 0 radical (unpaired) electrons. The lowest BCUT2D eigenvalue weighted by Gasteiger charge is -2.44. The quantitative estimate of drug-likeness (QED) is 0.365. The monoisotopic (exact) mass is 479 g/mol. The number of furan rings is 1. The molecule has 1 amide bonds. The highest BCUT2D eigenvalue weighted by molar-refractivity contribution is 5.91. The number of methoxy groups -OCH3 is 1. The van der Waals surface area contributed by atoms with Crippen molar-refractivity contribution in [3.8, 4) is 5.75 Å². The van der Waals surface area contributed by atoms with Crippen molar-refractivity contribution in [2.24, 2.45) is 5.92 Å². The predicted molar refractivity (Wildman–Crippen MR) is 133 cm³/mol. The van der Waals surface area contributed by atoms with Gasteiger partial charge in [0, 0.05) is 36.2 Å². The number of carbonyl (C=O) groups excluding carboxylic acids is 1. The van der Waals surface area contributed by atoms with Crippen molar-refractivity contribution in [1.82, 2.24) is 4.90 Å². The molecule has 2 heterocycles. The summed E-state index contributed by atoms with van der Waals surface area (Å²) >= 11 is 0. The fourth-order valence-electron chi connectivity index (χ4n) is 5.06. The molecule has 0 bridgehead atoms. The molecule has 1 aromatic heterocycles. The molecule has 1 aliphatic heterocycles. The van der Waals surface area contributed by atoms with Gasteiger partial charge in [0.05, 0.1) is 19.5 Å². The molecule has 0 aliphatic carbocycles. The largest absolute Gasteiger partial charge is 0.496 e. The Morgan fingerprint density at radius 2 is 1.91 bits per heavy atom. The van der Waals surface area contributed by atoms with Crippen LogP contribution < -0.4 is 4.74 Å². The van der Waals surface area contributed by atoms with E-state index in [1.165, 1.54) is 12.3 Å². The normalized spacial score (nSPS) is 20.1. The molecule has 6 heteroatoms. The van der Waals surface area contributed by atoms with Crippen molar-refractivity contribution in [3.63, 3.8) is 0 Å². The van der Waals surface area contributed by atoms with Crippen molar-refractivity contribution in [3.05, 3.63) is 89.6 Å². The van der Waals surface area contributed by atoms with Gasteiger partial charge in [0.15, 0.2) is 5.76 Å². The summed E-state index contributed by atoms with van der Waals surface area (Å²) in [4.78, 5) is 15.1. The Hall–Kier alpha value is -3.12. The van der Waals surface area contributed by atoms with Crippen LogP contribution >= 0.6 is 0 Å². The van der Waals surface area contributed by atoms with Gasteiger partial charge in [-0.2, -0.15) is 0 Å². The van der Waals surface area contributed by atoms with Crippen molar-refractivity contribution in [1.29, 1.82) is 0 Å². The Bertz CT molecular complexity index is 1110. The van der Waals surface area contributed by atoms with Crippen LogP contribution in [0.15, 0.2) is 71.3 Å². The summed E-state index contributed by atoms with van der Waals surface area (Å²) in [6, 6.07) is 18.0. The summed E-state index contributed by atoms with van der Waals surface area (Å²) in [5.41, 5.74) is 1.37. The van der Waals surface area contributed by atoms with Gasteiger partial charge in [-0.1, -0.05) is 50.2 Å². The summed E-state index contributed by atoms with van der Waals surface area (Å²) in [6.07, 6.45) is 3.93. The molecule has 3 aromatic rings. The maximum Gasteiger partial charge on any atom is 0.289 e. The lowest BCUT2D eigenvalue weighted by atomic mass is 9.68.